The maximum Gasteiger partial charge on any atom is 0.0540 e. The fourth-order valence-electron chi connectivity index (χ4n) is 6.74. The Hall–Kier alpha value is -5.70. The summed E-state index contributed by atoms with van der Waals surface area (Å²) >= 11 is 1.87. The van der Waals surface area contributed by atoms with E-state index in [1.807, 2.05) is 11.3 Å². The summed E-state index contributed by atoms with van der Waals surface area (Å²) in [4.78, 5) is 2.42. The predicted octanol–water partition coefficient (Wildman–Crippen LogP) is 13.2. The zero-order valence-electron chi connectivity index (χ0n) is 25.1. The van der Waals surface area contributed by atoms with E-state index in [0.717, 1.165) is 17.1 Å². The van der Waals surface area contributed by atoms with Crippen molar-refractivity contribution >= 4 is 70.1 Å². The Morgan fingerprint density at radius 1 is 0.348 bits per heavy atom. The van der Waals surface area contributed by atoms with E-state index in [9.17, 15) is 0 Å². The van der Waals surface area contributed by atoms with Crippen molar-refractivity contribution in [1.29, 1.82) is 0 Å². The molecule has 0 spiro atoms. The Morgan fingerprint density at radius 2 is 0.978 bits per heavy atom. The average molecular weight is 604 g/mol. The maximum absolute atomic E-state index is 2.42. The number of rotatable bonds is 5. The number of hydrogen-bond acceptors (Lipinski definition) is 2. The summed E-state index contributed by atoms with van der Waals surface area (Å²) in [7, 11) is 0. The van der Waals surface area contributed by atoms with Crippen LogP contribution in [0.25, 0.3) is 64.0 Å². The van der Waals surface area contributed by atoms with Gasteiger partial charge < -0.3 is 4.90 Å². The van der Waals surface area contributed by atoms with Crippen LogP contribution in [-0.2, 0) is 0 Å². The molecule has 2 heteroatoms. The molecular weight excluding hydrogens is 575 g/mol. The van der Waals surface area contributed by atoms with Gasteiger partial charge in [-0.1, -0.05) is 127 Å². The standard InChI is InChI=1S/C44H29NS/c1-3-12-32-26-36(21-20-30(32)10-1)39-16-5-7-18-42(39)45(38-24-22-31-11-2-4-13-33(31)27-38)37-15-9-14-34(28-37)35-23-25-41-40-17-6-8-19-43(40)46-44(41)29-35/h1-29H. The van der Waals surface area contributed by atoms with Crippen molar-refractivity contribution in [2.75, 3.05) is 4.90 Å². The van der Waals surface area contributed by atoms with Crippen LogP contribution in [0.1, 0.15) is 0 Å². The maximum atomic E-state index is 2.42. The van der Waals surface area contributed by atoms with Gasteiger partial charge >= 0.3 is 0 Å². The number of hydrogen-bond donors (Lipinski definition) is 0. The van der Waals surface area contributed by atoms with E-state index in [1.165, 1.54) is 64.0 Å². The quantitative estimate of drug-likeness (QED) is 0.189. The lowest BCUT2D eigenvalue weighted by Crippen LogP contribution is -2.11. The molecule has 0 fully saturated rings. The molecule has 0 saturated carbocycles. The number of benzene rings is 8. The number of anilines is 3. The van der Waals surface area contributed by atoms with Gasteiger partial charge in [-0.2, -0.15) is 0 Å². The summed E-state index contributed by atoms with van der Waals surface area (Å²) in [6.45, 7) is 0. The van der Waals surface area contributed by atoms with Crippen LogP contribution in [-0.4, -0.2) is 0 Å². The highest BCUT2D eigenvalue weighted by molar-refractivity contribution is 7.25. The van der Waals surface area contributed by atoms with Gasteiger partial charge in [-0.05, 0) is 86.8 Å². The highest BCUT2D eigenvalue weighted by Gasteiger charge is 2.18. The Bertz CT molecular complexity index is 2560. The van der Waals surface area contributed by atoms with Gasteiger partial charge in [-0.3, -0.25) is 0 Å². The molecule has 9 aromatic rings. The first-order valence-electron chi connectivity index (χ1n) is 15.7. The van der Waals surface area contributed by atoms with Gasteiger partial charge in [0.15, 0.2) is 0 Å². The van der Waals surface area contributed by atoms with Gasteiger partial charge in [0.05, 0.1) is 5.69 Å². The van der Waals surface area contributed by atoms with Crippen molar-refractivity contribution < 1.29 is 0 Å². The van der Waals surface area contributed by atoms with Crippen LogP contribution in [0.4, 0.5) is 17.1 Å². The lowest BCUT2D eigenvalue weighted by Gasteiger charge is -2.28. The van der Waals surface area contributed by atoms with Crippen molar-refractivity contribution in [3.8, 4) is 22.3 Å². The topological polar surface area (TPSA) is 3.24 Å². The summed E-state index contributed by atoms with van der Waals surface area (Å²) in [5.41, 5.74) is 8.21. The van der Waals surface area contributed by atoms with Crippen LogP contribution >= 0.6 is 11.3 Å². The molecule has 0 aliphatic carbocycles. The SMILES string of the molecule is c1cc(-c2ccc3c(c2)sc2ccccc23)cc(N(c2ccc3ccccc3c2)c2ccccc2-c2ccc3ccccc3c2)c1. The van der Waals surface area contributed by atoms with Crippen molar-refractivity contribution in [1.82, 2.24) is 0 Å². The largest absolute Gasteiger partial charge is 0.310 e. The molecule has 0 saturated heterocycles. The molecule has 9 rings (SSSR count). The van der Waals surface area contributed by atoms with Gasteiger partial charge in [0, 0.05) is 37.1 Å². The highest BCUT2D eigenvalue weighted by Crippen LogP contribution is 2.43. The third-order valence-electron chi connectivity index (χ3n) is 9.01. The molecule has 1 nitrogen and oxygen atoms in total. The number of thiophene rings is 1. The van der Waals surface area contributed by atoms with E-state index in [4.69, 9.17) is 0 Å². The molecule has 8 aromatic carbocycles. The molecule has 0 amide bonds. The van der Waals surface area contributed by atoms with E-state index in [1.54, 1.807) is 0 Å². The first-order valence-corrected chi connectivity index (χ1v) is 16.5. The van der Waals surface area contributed by atoms with Gasteiger partial charge in [-0.25, -0.2) is 0 Å². The minimum absolute atomic E-state index is 1.12. The Balaban J connectivity index is 1.23. The third-order valence-corrected chi connectivity index (χ3v) is 10.1. The minimum Gasteiger partial charge on any atom is -0.310 e. The number of para-hydroxylation sites is 1. The van der Waals surface area contributed by atoms with Gasteiger partial charge in [-0.15, -0.1) is 11.3 Å². The second-order valence-corrected chi connectivity index (χ2v) is 12.9. The van der Waals surface area contributed by atoms with Crippen LogP contribution in [0.15, 0.2) is 176 Å². The number of nitrogens with zero attached hydrogens (tertiary/aromatic N) is 1. The van der Waals surface area contributed by atoms with Crippen LogP contribution in [0.5, 0.6) is 0 Å². The summed E-state index contributed by atoms with van der Waals surface area (Å²) < 4.78 is 2.65. The fraction of sp³-hybridized carbons (Fsp3) is 0. The normalized spacial score (nSPS) is 11.5. The Morgan fingerprint density at radius 3 is 1.85 bits per heavy atom. The van der Waals surface area contributed by atoms with Crippen molar-refractivity contribution in [3.63, 3.8) is 0 Å². The zero-order valence-corrected chi connectivity index (χ0v) is 25.9. The van der Waals surface area contributed by atoms with Crippen molar-refractivity contribution in [3.05, 3.63) is 176 Å². The predicted molar refractivity (Wildman–Crippen MR) is 200 cm³/mol. The molecule has 1 aromatic heterocycles. The lowest BCUT2D eigenvalue weighted by molar-refractivity contribution is 1.29. The van der Waals surface area contributed by atoms with E-state index in [2.05, 4.69) is 181 Å². The summed E-state index contributed by atoms with van der Waals surface area (Å²) in [6.07, 6.45) is 0. The summed E-state index contributed by atoms with van der Waals surface area (Å²) in [5, 5.41) is 7.60. The first kappa shape index (κ1) is 26.7. The monoisotopic (exact) mass is 603 g/mol. The minimum atomic E-state index is 1.12. The third kappa shape index (κ3) is 4.63. The van der Waals surface area contributed by atoms with Gasteiger partial charge in [0.2, 0.25) is 0 Å². The van der Waals surface area contributed by atoms with Gasteiger partial charge in [0.25, 0.3) is 0 Å². The van der Waals surface area contributed by atoms with Crippen LogP contribution in [0, 0.1) is 0 Å². The Kier molecular flexibility index (Phi) is 6.40. The summed E-state index contributed by atoms with van der Waals surface area (Å²) in [6, 6.07) is 64.1. The summed E-state index contributed by atoms with van der Waals surface area (Å²) in [5.74, 6) is 0. The van der Waals surface area contributed by atoms with Crippen molar-refractivity contribution in [2.45, 2.75) is 0 Å². The van der Waals surface area contributed by atoms with Crippen LogP contribution in [0.3, 0.4) is 0 Å². The second-order valence-electron chi connectivity index (χ2n) is 11.8. The molecular formula is C44H29NS. The highest BCUT2D eigenvalue weighted by atomic mass is 32.1. The molecule has 0 radical (unpaired) electrons. The molecule has 46 heavy (non-hydrogen) atoms. The van der Waals surface area contributed by atoms with Crippen molar-refractivity contribution in [2.24, 2.45) is 0 Å². The molecule has 0 unspecified atom stereocenters. The fourth-order valence-corrected chi connectivity index (χ4v) is 7.89. The molecule has 216 valence electrons. The molecule has 1 heterocycles. The Labute approximate surface area is 272 Å². The van der Waals surface area contributed by atoms with Crippen LogP contribution < -0.4 is 4.90 Å². The van der Waals surface area contributed by atoms with E-state index in [0.29, 0.717) is 0 Å². The van der Waals surface area contributed by atoms with E-state index >= 15 is 0 Å². The molecule has 0 aliphatic heterocycles. The first-order chi connectivity index (χ1) is 22.8. The molecule has 0 atom stereocenters. The van der Waals surface area contributed by atoms with E-state index < -0.39 is 0 Å². The van der Waals surface area contributed by atoms with Gasteiger partial charge in [0.1, 0.15) is 0 Å². The molecule has 0 bridgehead atoms. The molecule has 0 aliphatic rings. The average Bonchev–Trinajstić information content (AvgIpc) is 3.50. The van der Waals surface area contributed by atoms with Crippen LogP contribution in [0.2, 0.25) is 0 Å². The zero-order chi connectivity index (χ0) is 30.5. The number of fused-ring (bicyclic) bond motifs is 5. The lowest BCUT2D eigenvalue weighted by atomic mass is 9.98. The second kappa shape index (κ2) is 11.0. The molecule has 0 N–H and O–H groups in total. The smallest absolute Gasteiger partial charge is 0.0540 e. The van der Waals surface area contributed by atoms with E-state index in [-0.39, 0.29) is 0 Å².